The Kier molecular flexibility index (Phi) is 2.67. The van der Waals surface area contributed by atoms with Crippen molar-refractivity contribution in [2.24, 2.45) is 5.92 Å². The molecule has 0 spiro atoms. The molecule has 0 aromatic carbocycles. The van der Waals surface area contributed by atoms with E-state index < -0.39 is 0 Å². The highest BCUT2D eigenvalue weighted by atomic mass is 79.9. The number of halogens is 1. The van der Waals surface area contributed by atoms with Crippen molar-refractivity contribution in [3.63, 3.8) is 0 Å². The molecule has 0 aliphatic heterocycles. The zero-order chi connectivity index (χ0) is 11.1. The van der Waals surface area contributed by atoms with Crippen LogP contribution < -0.4 is 4.90 Å². The predicted molar refractivity (Wildman–Crippen MR) is 71.7 cm³/mol. The average Bonchev–Trinajstić information content (AvgIpc) is 2.85. The molecule has 16 heavy (non-hydrogen) atoms. The molecule has 1 saturated carbocycles. The highest BCUT2D eigenvalue weighted by molar-refractivity contribution is 9.08. The van der Waals surface area contributed by atoms with Crippen LogP contribution >= 0.6 is 27.3 Å². The molecule has 1 aliphatic rings. The Balaban J connectivity index is 1.96. The van der Waals surface area contributed by atoms with Crippen LogP contribution in [0.3, 0.4) is 0 Å². The minimum absolute atomic E-state index is 0.856. The van der Waals surface area contributed by atoms with Crippen LogP contribution in [0.4, 0.5) is 5.82 Å². The number of thiazole rings is 1. The van der Waals surface area contributed by atoms with Crippen molar-refractivity contribution in [3.8, 4) is 0 Å². The van der Waals surface area contributed by atoms with Gasteiger partial charge in [-0.1, -0.05) is 15.9 Å². The van der Waals surface area contributed by atoms with E-state index in [9.17, 15) is 0 Å². The lowest BCUT2D eigenvalue weighted by Crippen LogP contribution is -2.21. The Hall–Kier alpha value is -0.550. The quantitative estimate of drug-likeness (QED) is 0.809. The Labute approximate surface area is 107 Å². The average molecular weight is 300 g/mol. The van der Waals surface area contributed by atoms with Crippen LogP contribution in [-0.2, 0) is 5.33 Å². The fourth-order valence-corrected chi connectivity index (χ4v) is 3.27. The van der Waals surface area contributed by atoms with Gasteiger partial charge in [0.2, 0.25) is 0 Å². The maximum atomic E-state index is 4.70. The van der Waals surface area contributed by atoms with Crippen molar-refractivity contribution in [2.75, 3.05) is 18.5 Å². The number of imidazole rings is 1. The lowest BCUT2D eigenvalue weighted by Gasteiger charge is -2.17. The molecule has 3 rings (SSSR count). The van der Waals surface area contributed by atoms with Gasteiger partial charge in [0.25, 0.3) is 0 Å². The third-order valence-corrected chi connectivity index (χ3v) is 4.34. The molecular weight excluding hydrogens is 286 g/mol. The summed E-state index contributed by atoms with van der Waals surface area (Å²) in [5, 5.41) is 2.94. The highest BCUT2D eigenvalue weighted by Gasteiger charge is 2.25. The van der Waals surface area contributed by atoms with Gasteiger partial charge in [-0.2, -0.15) is 0 Å². The van der Waals surface area contributed by atoms with Crippen molar-refractivity contribution in [1.82, 2.24) is 9.38 Å². The second-order valence-electron chi connectivity index (χ2n) is 4.40. The van der Waals surface area contributed by atoms with E-state index in [1.807, 2.05) is 0 Å². The first-order valence-corrected chi connectivity index (χ1v) is 7.51. The van der Waals surface area contributed by atoms with E-state index in [4.69, 9.17) is 4.98 Å². The van der Waals surface area contributed by atoms with Crippen LogP contribution in [-0.4, -0.2) is 23.0 Å². The molecule has 2 aromatic rings. The van der Waals surface area contributed by atoms with Gasteiger partial charge in [-0.15, -0.1) is 11.3 Å². The number of rotatable bonds is 4. The van der Waals surface area contributed by atoms with E-state index in [0.717, 1.165) is 28.6 Å². The van der Waals surface area contributed by atoms with Gasteiger partial charge in [-0.25, -0.2) is 4.98 Å². The molecule has 0 bridgehead atoms. The third-order valence-electron chi connectivity index (χ3n) is 3.06. The molecule has 0 unspecified atom stereocenters. The summed E-state index contributed by atoms with van der Waals surface area (Å²) in [6.45, 7) is 1.14. The van der Waals surface area contributed by atoms with Crippen molar-refractivity contribution < 1.29 is 0 Å². The first-order chi connectivity index (χ1) is 7.79. The van der Waals surface area contributed by atoms with Gasteiger partial charge in [-0.05, 0) is 18.8 Å². The van der Waals surface area contributed by atoms with Gasteiger partial charge in [0, 0.05) is 30.5 Å². The molecule has 0 radical (unpaired) electrons. The van der Waals surface area contributed by atoms with Gasteiger partial charge < -0.3 is 4.90 Å². The van der Waals surface area contributed by atoms with Gasteiger partial charge >= 0.3 is 0 Å². The van der Waals surface area contributed by atoms with E-state index in [1.165, 1.54) is 18.5 Å². The zero-order valence-electron chi connectivity index (χ0n) is 9.19. The van der Waals surface area contributed by atoms with Gasteiger partial charge in [-0.3, -0.25) is 4.40 Å². The second kappa shape index (κ2) is 4.04. The number of fused-ring (bicyclic) bond motifs is 1. The molecule has 0 amide bonds. The van der Waals surface area contributed by atoms with Gasteiger partial charge in [0.1, 0.15) is 0 Å². The first kappa shape index (κ1) is 10.6. The van der Waals surface area contributed by atoms with Crippen LogP contribution in [0, 0.1) is 5.92 Å². The fourth-order valence-electron chi connectivity index (χ4n) is 2.03. The largest absolute Gasteiger partial charge is 0.358 e. The fraction of sp³-hybridized carbons (Fsp3) is 0.545. The second-order valence-corrected chi connectivity index (χ2v) is 5.83. The van der Waals surface area contributed by atoms with E-state index in [2.05, 4.69) is 43.9 Å². The molecular formula is C11H14BrN3S. The maximum Gasteiger partial charge on any atom is 0.195 e. The molecule has 0 saturated heterocycles. The number of alkyl halides is 1. The molecule has 1 aliphatic carbocycles. The molecule has 0 N–H and O–H groups in total. The lowest BCUT2D eigenvalue weighted by atomic mass is 10.3. The number of hydrogen-bond donors (Lipinski definition) is 0. The van der Waals surface area contributed by atoms with Crippen molar-refractivity contribution in [2.45, 2.75) is 18.2 Å². The minimum Gasteiger partial charge on any atom is -0.358 e. The summed E-state index contributed by atoms with van der Waals surface area (Å²) >= 11 is 5.25. The van der Waals surface area contributed by atoms with Crippen molar-refractivity contribution in [3.05, 3.63) is 17.3 Å². The van der Waals surface area contributed by atoms with Gasteiger partial charge in [0.15, 0.2) is 10.8 Å². The van der Waals surface area contributed by atoms with Gasteiger partial charge in [0.05, 0.1) is 5.69 Å². The minimum atomic E-state index is 0.856. The molecule has 2 aromatic heterocycles. The molecule has 5 heteroatoms. The van der Waals surface area contributed by atoms with Crippen LogP contribution in [0.5, 0.6) is 0 Å². The lowest BCUT2D eigenvalue weighted by molar-refractivity contribution is 0.776. The summed E-state index contributed by atoms with van der Waals surface area (Å²) in [5.74, 6) is 2.03. The Morgan fingerprint density at radius 1 is 1.62 bits per heavy atom. The van der Waals surface area contributed by atoms with E-state index >= 15 is 0 Å². The first-order valence-electron chi connectivity index (χ1n) is 5.51. The topological polar surface area (TPSA) is 20.5 Å². The number of nitrogens with zero attached hydrogens (tertiary/aromatic N) is 3. The van der Waals surface area contributed by atoms with E-state index in [1.54, 1.807) is 11.3 Å². The normalized spacial score (nSPS) is 15.9. The monoisotopic (exact) mass is 299 g/mol. The number of anilines is 1. The summed E-state index contributed by atoms with van der Waals surface area (Å²) in [5.41, 5.74) is 1.26. The SMILES string of the molecule is CN(CC1CC1)c1nc2sccn2c1CBr. The molecule has 86 valence electrons. The molecule has 0 atom stereocenters. The van der Waals surface area contributed by atoms with Crippen LogP contribution in [0.1, 0.15) is 18.5 Å². The maximum absolute atomic E-state index is 4.70. The van der Waals surface area contributed by atoms with Crippen LogP contribution in [0.25, 0.3) is 4.96 Å². The predicted octanol–water partition coefficient (Wildman–Crippen LogP) is 3.14. The summed E-state index contributed by atoms with van der Waals surface area (Å²) in [6, 6.07) is 0. The third kappa shape index (κ3) is 1.76. The Bertz CT molecular complexity index is 500. The molecule has 1 fully saturated rings. The zero-order valence-corrected chi connectivity index (χ0v) is 11.6. The highest BCUT2D eigenvalue weighted by Crippen LogP contribution is 2.32. The van der Waals surface area contributed by atoms with E-state index in [0.29, 0.717) is 0 Å². The summed E-state index contributed by atoms with van der Waals surface area (Å²) in [6.07, 6.45) is 4.87. The Morgan fingerprint density at radius 3 is 3.12 bits per heavy atom. The molecule has 2 heterocycles. The van der Waals surface area contributed by atoms with Crippen LogP contribution in [0.15, 0.2) is 11.6 Å². The summed E-state index contributed by atoms with van der Waals surface area (Å²) < 4.78 is 2.18. The van der Waals surface area contributed by atoms with Crippen molar-refractivity contribution >= 4 is 38.0 Å². The van der Waals surface area contributed by atoms with Crippen LogP contribution in [0.2, 0.25) is 0 Å². The van der Waals surface area contributed by atoms with E-state index in [-0.39, 0.29) is 0 Å². The molecule has 3 nitrogen and oxygen atoms in total. The number of hydrogen-bond acceptors (Lipinski definition) is 3. The number of aromatic nitrogens is 2. The standard InChI is InChI=1S/C11H14BrN3S/c1-14(7-8-2-3-8)10-9(6-12)15-4-5-16-11(15)13-10/h4-5,8H,2-3,6-7H2,1H3. The summed E-state index contributed by atoms with van der Waals surface area (Å²) in [4.78, 5) is 8.09. The van der Waals surface area contributed by atoms with Crippen molar-refractivity contribution in [1.29, 1.82) is 0 Å². The smallest absolute Gasteiger partial charge is 0.195 e. The Morgan fingerprint density at radius 2 is 2.44 bits per heavy atom. The summed E-state index contributed by atoms with van der Waals surface area (Å²) in [7, 11) is 2.15.